The van der Waals surface area contributed by atoms with Crippen molar-refractivity contribution >= 4 is 52.3 Å². The number of anilines is 1. The number of rotatable bonds is 4. The number of hydrogen-bond donors (Lipinski definition) is 3. The van der Waals surface area contributed by atoms with Gasteiger partial charge in [-0.25, -0.2) is 0 Å². The summed E-state index contributed by atoms with van der Waals surface area (Å²) in [7, 11) is 1.76. The summed E-state index contributed by atoms with van der Waals surface area (Å²) in [5, 5.41) is 5.39. The zero-order valence-electron chi connectivity index (χ0n) is 9.08. The molecule has 0 bridgehead atoms. The molecule has 0 fully saturated rings. The molecule has 17 heavy (non-hydrogen) atoms. The minimum Gasteiger partial charge on any atom is -0.326 e. The Morgan fingerprint density at radius 1 is 1.47 bits per heavy atom. The normalized spacial score (nSPS) is 8.82. The van der Waals surface area contributed by atoms with Crippen LogP contribution in [0.25, 0.3) is 0 Å². The molecule has 1 aromatic heterocycles. The number of halogens is 3. The fourth-order valence-corrected chi connectivity index (χ4v) is 1.34. The maximum absolute atomic E-state index is 11.3. The molecule has 1 aromatic rings. The minimum absolute atomic E-state index is 0. The molecule has 0 aliphatic rings. The molecule has 1 rings (SSSR count). The van der Waals surface area contributed by atoms with Crippen LogP contribution in [0.15, 0.2) is 21.5 Å². The highest BCUT2D eigenvalue weighted by molar-refractivity contribution is 9.10. The Morgan fingerprint density at radius 2 is 2.12 bits per heavy atom. The van der Waals surface area contributed by atoms with Crippen molar-refractivity contribution in [2.75, 3.05) is 18.9 Å². The molecular weight excluding hydrogens is 333 g/mol. The number of aromatic amines is 1. The van der Waals surface area contributed by atoms with Crippen LogP contribution in [0, 0.1) is 0 Å². The number of carbonyl (C=O) groups is 1. The van der Waals surface area contributed by atoms with Crippen LogP contribution in [0.1, 0.15) is 6.42 Å². The Morgan fingerprint density at radius 3 is 2.71 bits per heavy atom. The molecule has 0 aliphatic heterocycles. The highest BCUT2D eigenvalue weighted by Gasteiger charge is 2.05. The van der Waals surface area contributed by atoms with E-state index >= 15 is 0 Å². The van der Waals surface area contributed by atoms with E-state index in [2.05, 4.69) is 31.5 Å². The lowest BCUT2D eigenvalue weighted by molar-refractivity contribution is -0.116. The summed E-state index contributed by atoms with van der Waals surface area (Å²) in [6.45, 7) is 0.581. The molecule has 0 aliphatic carbocycles. The molecule has 0 saturated heterocycles. The highest BCUT2D eigenvalue weighted by atomic mass is 79.9. The molecule has 5 nitrogen and oxygen atoms in total. The van der Waals surface area contributed by atoms with E-state index in [0.29, 0.717) is 17.4 Å². The van der Waals surface area contributed by atoms with Crippen molar-refractivity contribution in [2.24, 2.45) is 0 Å². The molecule has 0 aromatic carbocycles. The summed E-state index contributed by atoms with van der Waals surface area (Å²) in [5.41, 5.74) is -0.0542. The van der Waals surface area contributed by atoms with Gasteiger partial charge in [0.1, 0.15) is 5.69 Å². The first-order chi connectivity index (χ1) is 7.13. The average Bonchev–Trinajstić information content (AvgIpc) is 2.20. The second-order valence-electron chi connectivity index (χ2n) is 2.96. The van der Waals surface area contributed by atoms with Gasteiger partial charge in [0, 0.05) is 23.6 Å². The van der Waals surface area contributed by atoms with Crippen molar-refractivity contribution in [3.63, 3.8) is 0 Å². The van der Waals surface area contributed by atoms with E-state index in [4.69, 9.17) is 0 Å². The molecule has 0 unspecified atom stereocenters. The van der Waals surface area contributed by atoms with Crippen molar-refractivity contribution in [3.8, 4) is 0 Å². The molecule has 1 heterocycles. The molecule has 8 heteroatoms. The van der Waals surface area contributed by atoms with E-state index in [1.807, 2.05) is 0 Å². The molecule has 98 valence electrons. The minimum atomic E-state index is -0.309. The lowest BCUT2D eigenvalue weighted by Crippen LogP contribution is -2.22. The summed E-state index contributed by atoms with van der Waals surface area (Å²) in [6.07, 6.45) is 1.86. The van der Waals surface area contributed by atoms with E-state index < -0.39 is 0 Å². The number of aromatic nitrogens is 1. The third-order valence-corrected chi connectivity index (χ3v) is 2.20. The van der Waals surface area contributed by atoms with Gasteiger partial charge >= 0.3 is 0 Å². The first-order valence-corrected chi connectivity index (χ1v) is 5.25. The first kappa shape index (κ1) is 18.8. The molecule has 0 spiro atoms. The summed E-state index contributed by atoms with van der Waals surface area (Å²) < 4.78 is 0.714. The van der Waals surface area contributed by atoms with Crippen molar-refractivity contribution < 1.29 is 4.79 Å². The Hall–Kier alpha value is -0.560. The second kappa shape index (κ2) is 9.47. The molecule has 1 amide bonds. The molecule has 3 N–H and O–H groups in total. The van der Waals surface area contributed by atoms with Crippen LogP contribution >= 0.6 is 40.7 Å². The Kier molecular flexibility index (Phi) is 10.5. The fraction of sp³-hybridized carbons (Fsp3) is 0.333. The highest BCUT2D eigenvalue weighted by Crippen LogP contribution is 2.09. The van der Waals surface area contributed by atoms with Crippen LogP contribution < -0.4 is 16.2 Å². The summed E-state index contributed by atoms with van der Waals surface area (Å²) in [6, 6.07) is 1.57. The Balaban J connectivity index is 0. The second-order valence-corrected chi connectivity index (χ2v) is 3.88. The van der Waals surface area contributed by atoms with Gasteiger partial charge in [0.2, 0.25) is 5.91 Å². The van der Waals surface area contributed by atoms with Crippen LogP contribution in [0.5, 0.6) is 0 Å². The van der Waals surface area contributed by atoms with E-state index in [-0.39, 0.29) is 42.0 Å². The largest absolute Gasteiger partial charge is 0.326 e. The van der Waals surface area contributed by atoms with Gasteiger partial charge in [-0.15, -0.1) is 24.8 Å². The van der Waals surface area contributed by atoms with Crippen molar-refractivity contribution in [2.45, 2.75) is 6.42 Å². The summed E-state index contributed by atoms with van der Waals surface area (Å²) >= 11 is 3.21. The van der Waals surface area contributed by atoms with Gasteiger partial charge in [-0.05, 0) is 29.0 Å². The van der Waals surface area contributed by atoms with E-state index in [1.165, 1.54) is 6.20 Å². The van der Waals surface area contributed by atoms with E-state index in [0.717, 1.165) is 0 Å². The quantitative estimate of drug-likeness (QED) is 0.774. The van der Waals surface area contributed by atoms with Crippen molar-refractivity contribution in [3.05, 3.63) is 27.1 Å². The predicted molar refractivity (Wildman–Crippen MR) is 76.4 cm³/mol. The first-order valence-electron chi connectivity index (χ1n) is 4.46. The maximum atomic E-state index is 11.3. The van der Waals surface area contributed by atoms with Gasteiger partial charge in [0.15, 0.2) is 0 Å². The van der Waals surface area contributed by atoms with E-state index in [1.54, 1.807) is 13.1 Å². The number of H-pyrrole nitrogens is 1. The van der Waals surface area contributed by atoms with Gasteiger partial charge in [-0.1, -0.05) is 0 Å². The summed E-state index contributed by atoms with van der Waals surface area (Å²) in [5.74, 6) is -0.187. The smallest absolute Gasteiger partial charge is 0.271 e. The van der Waals surface area contributed by atoms with E-state index in [9.17, 15) is 9.59 Å². The Bertz CT molecular complexity index is 411. The SMILES string of the molecule is CNCCC(=O)Nc1cc(Br)c[nH]c1=O.Cl.Cl. The van der Waals surface area contributed by atoms with Crippen LogP contribution in [0.2, 0.25) is 0 Å². The number of nitrogens with one attached hydrogen (secondary N) is 3. The standard InChI is InChI=1S/C9H12BrN3O2.2ClH/c1-11-3-2-8(14)13-7-4-6(10)5-12-9(7)15;;/h4-5,11H,2-3H2,1H3,(H,12,15)(H,13,14);2*1H. The van der Waals surface area contributed by atoms with Gasteiger partial charge in [0.05, 0.1) is 0 Å². The third-order valence-electron chi connectivity index (χ3n) is 1.74. The topological polar surface area (TPSA) is 74.0 Å². The monoisotopic (exact) mass is 345 g/mol. The Labute approximate surface area is 120 Å². The molecule has 0 atom stereocenters. The number of pyridine rings is 1. The lowest BCUT2D eigenvalue weighted by Gasteiger charge is -2.03. The van der Waals surface area contributed by atoms with Gasteiger partial charge in [-0.3, -0.25) is 9.59 Å². The van der Waals surface area contributed by atoms with Crippen LogP contribution in [0.4, 0.5) is 5.69 Å². The lowest BCUT2D eigenvalue weighted by atomic mass is 10.3. The van der Waals surface area contributed by atoms with Crippen LogP contribution in [-0.2, 0) is 4.79 Å². The van der Waals surface area contributed by atoms with Crippen molar-refractivity contribution in [1.82, 2.24) is 10.3 Å². The maximum Gasteiger partial charge on any atom is 0.271 e. The third kappa shape index (κ3) is 6.68. The molecular formula is C9H14BrCl2N3O2. The van der Waals surface area contributed by atoms with Crippen LogP contribution in [-0.4, -0.2) is 24.5 Å². The average molecular weight is 347 g/mol. The molecule has 0 radical (unpaired) electrons. The van der Waals surface area contributed by atoms with Crippen LogP contribution in [0.3, 0.4) is 0 Å². The number of carbonyl (C=O) groups excluding carboxylic acids is 1. The summed E-state index contributed by atoms with van der Waals surface area (Å²) in [4.78, 5) is 25.1. The number of hydrogen-bond acceptors (Lipinski definition) is 3. The van der Waals surface area contributed by atoms with Gasteiger partial charge in [-0.2, -0.15) is 0 Å². The molecule has 0 saturated carbocycles. The zero-order chi connectivity index (χ0) is 11.3. The fourth-order valence-electron chi connectivity index (χ4n) is 1.00. The predicted octanol–water partition coefficient (Wildman–Crippen LogP) is 1.53. The van der Waals surface area contributed by atoms with Gasteiger partial charge in [0.25, 0.3) is 5.56 Å². The van der Waals surface area contributed by atoms with Crippen molar-refractivity contribution in [1.29, 1.82) is 0 Å². The number of amides is 1. The van der Waals surface area contributed by atoms with Gasteiger partial charge < -0.3 is 15.6 Å². The zero-order valence-corrected chi connectivity index (χ0v) is 12.3.